The number of ketones is 1. The minimum Gasteiger partial charge on any atom is -0.496 e. The summed E-state index contributed by atoms with van der Waals surface area (Å²) in [6, 6.07) is 3.96. The van der Waals surface area contributed by atoms with Gasteiger partial charge in [0.1, 0.15) is 5.75 Å². The average Bonchev–Trinajstić information content (AvgIpc) is 2.36. The molecule has 1 aromatic carbocycles. The second kappa shape index (κ2) is 4.66. The monoisotopic (exact) mass is 219 g/mol. The molecule has 0 radical (unpaired) electrons. The molecule has 86 valence electrons. The zero-order chi connectivity index (χ0) is 11.5. The van der Waals surface area contributed by atoms with E-state index >= 15 is 0 Å². The molecule has 0 aromatic heterocycles. The maximum absolute atomic E-state index is 11.7. The van der Waals surface area contributed by atoms with E-state index in [-0.39, 0.29) is 12.3 Å². The Kier molecular flexibility index (Phi) is 3.25. The number of Topliss-reactive ketones (excluding diaryl/α,β-unsaturated/α-hetero) is 1. The molecule has 3 heteroatoms. The van der Waals surface area contributed by atoms with E-state index in [0.717, 1.165) is 12.8 Å². The number of carbonyl (C=O) groups excluding carboxylic acids is 1. The quantitative estimate of drug-likeness (QED) is 0.787. The second-order valence-electron chi connectivity index (χ2n) is 4.16. The lowest BCUT2D eigenvalue weighted by Gasteiger charge is -2.18. The highest BCUT2D eigenvalue weighted by molar-refractivity contribution is 6.00. The van der Waals surface area contributed by atoms with Crippen LogP contribution in [0.3, 0.4) is 0 Å². The first-order valence-corrected chi connectivity index (χ1v) is 5.69. The molecule has 0 atom stereocenters. The Morgan fingerprint density at radius 2 is 1.94 bits per heavy atom. The molecular weight excluding hydrogens is 202 g/mol. The van der Waals surface area contributed by atoms with Crippen molar-refractivity contribution < 1.29 is 9.53 Å². The van der Waals surface area contributed by atoms with Gasteiger partial charge in [-0.05, 0) is 48.9 Å². The summed E-state index contributed by atoms with van der Waals surface area (Å²) < 4.78 is 5.26. The van der Waals surface area contributed by atoms with Gasteiger partial charge in [0.05, 0.1) is 19.2 Å². The van der Waals surface area contributed by atoms with E-state index < -0.39 is 0 Å². The molecule has 0 fully saturated rings. The Morgan fingerprint density at radius 3 is 2.50 bits per heavy atom. The van der Waals surface area contributed by atoms with Crippen LogP contribution < -0.4 is 10.5 Å². The summed E-state index contributed by atoms with van der Waals surface area (Å²) in [5.41, 5.74) is 8.63. The summed E-state index contributed by atoms with van der Waals surface area (Å²) in [5.74, 6) is 0.612. The highest BCUT2D eigenvalue weighted by Gasteiger charge is 2.17. The van der Waals surface area contributed by atoms with Crippen molar-refractivity contribution >= 4 is 5.78 Å². The fraction of sp³-hybridized carbons (Fsp3) is 0.462. The number of hydrogen-bond acceptors (Lipinski definition) is 3. The molecule has 16 heavy (non-hydrogen) atoms. The molecule has 0 saturated heterocycles. The van der Waals surface area contributed by atoms with Crippen molar-refractivity contribution in [1.82, 2.24) is 0 Å². The van der Waals surface area contributed by atoms with Gasteiger partial charge in [0.2, 0.25) is 0 Å². The summed E-state index contributed by atoms with van der Waals surface area (Å²) in [5, 5.41) is 0. The highest BCUT2D eigenvalue weighted by atomic mass is 16.5. The smallest absolute Gasteiger partial charge is 0.180 e. The number of nitrogens with two attached hydrogens (primary N) is 1. The van der Waals surface area contributed by atoms with Gasteiger partial charge >= 0.3 is 0 Å². The molecule has 2 rings (SSSR count). The van der Waals surface area contributed by atoms with Crippen LogP contribution in [0.1, 0.15) is 34.3 Å². The molecule has 0 bridgehead atoms. The molecule has 0 aliphatic heterocycles. The Labute approximate surface area is 95.6 Å². The van der Waals surface area contributed by atoms with Crippen molar-refractivity contribution in [3.05, 3.63) is 28.8 Å². The van der Waals surface area contributed by atoms with Gasteiger partial charge in [0.25, 0.3) is 0 Å². The lowest BCUT2D eigenvalue weighted by Crippen LogP contribution is -2.16. The van der Waals surface area contributed by atoms with Crippen molar-refractivity contribution in [2.45, 2.75) is 25.7 Å². The van der Waals surface area contributed by atoms with Crippen molar-refractivity contribution in [2.75, 3.05) is 13.7 Å². The van der Waals surface area contributed by atoms with Gasteiger partial charge in [0.15, 0.2) is 5.78 Å². The molecule has 1 aliphatic carbocycles. The largest absolute Gasteiger partial charge is 0.496 e. The number of hydrogen-bond donors (Lipinski definition) is 1. The molecule has 1 aromatic rings. The summed E-state index contributed by atoms with van der Waals surface area (Å²) in [6.45, 7) is 0.0369. The van der Waals surface area contributed by atoms with Gasteiger partial charge < -0.3 is 10.5 Å². The van der Waals surface area contributed by atoms with E-state index in [9.17, 15) is 4.79 Å². The molecule has 3 nitrogen and oxygen atoms in total. The van der Waals surface area contributed by atoms with Crippen LogP contribution in [0.15, 0.2) is 12.1 Å². The number of rotatable bonds is 3. The fourth-order valence-electron chi connectivity index (χ4n) is 2.26. The minimum absolute atomic E-state index is 0.0369. The lowest BCUT2D eigenvalue weighted by atomic mass is 9.89. The van der Waals surface area contributed by atoms with Crippen LogP contribution in [-0.2, 0) is 12.8 Å². The third kappa shape index (κ3) is 1.95. The Morgan fingerprint density at radius 1 is 1.31 bits per heavy atom. The van der Waals surface area contributed by atoms with E-state index in [1.54, 1.807) is 7.11 Å². The van der Waals surface area contributed by atoms with Gasteiger partial charge in [-0.1, -0.05) is 0 Å². The first-order chi connectivity index (χ1) is 7.76. The van der Waals surface area contributed by atoms with Gasteiger partial charge in [-0.15, -0.1) is 0 Å². The van der Waals surface area contributed by atoms with Crippen LogP contribution >= 0.6 is 0 Å². The predicted molar refractivity (Wildman–Crippen MR) is 63.0 cm³/mol. The van der Waals surface area contributed by atoms with Crippen LogP contribution in [0, 0.1) is 0 Å². The van der Waals surface area contributed by atoms with Crippen molar-refractivity contribution in [3.8, 4) is 5.75 Å². The molecule has 0 heterocycles. The summed E-state index contributed by atoms with van der Waals surface area (Å²) in [7, 11) is 1.60. The lowest BCUT2D eigenvalue weighted by molar-refractivity contribution is 0.0998. The average molecular weight is 219 g/mol. The van der Waals surface area contributed by atoms with E-state index in [1.165, 1.54) is 24.0 Å². The van der Waals surface area contributed by atoms with E-state index in [4.69, 9.17) is 10.5 Å². The van der Waals surface area contributed by atoms with E-state index in [1.807, 2.05) is 12.1 Å². The maximum atomic E-state index is 11.7. The zero-order valence-electron chi connectivity index (χ0n) is 9.58. The molecule has 1 aliphatic rings. The molecular formula is C13H17NO2. The molecule has 2 N–H and O–H groups in total. The van der Waals surface area contributed by atoms with E-state index in [2.05, 4.69) is 0 Å². The molecule has 0 saturated carbocycles. The van der Waals surface area contributed by atoms with Gasteiger partial charge in [-0.25, -0.2) is 0 Å². The standard InChI is InChI=1S/C13H17NO2/c1-16-13-7-10-5-3-2-4-9(10)6-11(13)12(15)8-14/h6-7H,2-5,8,14H2,1H3. The van der Waals surface area contributed by atoms with Crippen LogP contribution in [0.2, 0.25) is 0 Å². The number of benzene rings is 1. The van der Waals surface area contributed by atoms with E-state index in [0.29, 0.717) is 11.3 Å². The third-order valence-corrected chi connectivity index (χ3v) is 3.15. The fourth-order valence-corrected chi connectivity index (χ4v) is 2.26. The Hall–Kier alpha value is -1.35. The minimum atomic E-state index is -0.0507. The van der Waals surface area contributed by atoms with Crippen molar-refractivity contribution in [1.29, 1.82) is 0 Å². The number of ether oxygens (including phenoxy) is 1. The van der Waals surface area contributed by atoms with Crippen molar-refractivity contribution in [3.63, 3.8) is 0 Å². The van der Waals surface area contributed by atoms with Crippen molar-refractivity contribution in [2.24, 2.45) is 5.73 Å². The molecule has 0 amide bonds. The zero-order valence-corrected chi connectivity index (χ0v) is 9.58. The van der Waals surface area contributed by atoms with Crippen LogP contribution in [0.4, 0.5) is 0 Å². The number of fused-ring (bicyclic) bond motifs is 1. The Balaban J connectivity index is 2.47. The normalized spacial score (nSPS) is 14.4. The number of aryl methyl sites for hydroxylation is 2. The Bertz CT molecular complexity index is 413. The van der Waals surface area contributed by atoms with Crippen LogP contribution in [0.5, 0.6) is 5.75 Å². The second-order valence-corrected chi connectivity index (χ2v) is 4.16. The van der Waals surface area contributed by atoms with Gasteiger partial charge in [-0.3, -0.25) is 4.79 Å². The summed E-state index contributed by atoms with van der Waals surface area (Å²) in [4.78, 5) is 11.7. The summed E-state index contributed by atoms with van der Waals surface area (Å²) in [6.07, 6.45) is 4.57. The third-order valence-electron chi connectivity index (χ3n) is 3.15. The first-order valence-electron chi connectivity index (χ1n) is 5.69. The number of carbonyl (C=O) groups is 1. The maximum Gasteiger partial charge on any atom is 0.180 e. The van der Waals surface area contributed by atoms with Crippen LogP contribution in [0.25, 0.3) is 0 Å². The predicted octanol–water partition coefficient (Wildman–Crippen LogP) is 1.72. The highest BCUT2D eigenvalue weighted by Crippen LogP contribution is 2.29. The SMILES string of the molecule is COc1cc2c(cc1C(=O)CN)CCCC2. The number of methoxy groups -OCH3 is 1. The summed E-state index contributed by atoms with van der Waals surface area (Å²) >= 11 is 0. The molecule has 0 spiro atoms. The van der Waals surface area contributed by atoms with Crippen LogP contribution in [-0.4, -0.2) is 19.4 Å². The first kappa shape index (κ1) is 11.1. The molecule has 0 unspecified atom stereocenters. The van der Waals surface area contributed by atoms with Gasteiger partial charge in [-0.2, -0.15) is 0 Å². The topological polar surface area (TPSA) is 52.3 Å². The van der Waals surface area contributed by atoms with Gasteiger partial charge in [0, 0.05) is 0 Å².